The van der Waals surface area contributed by atoms with Crippen molar-refractivity contribution in [3.8, 4) is 0 Å². The topological polar surface area (TPSA) is 49.4 Å². The molecule has 1 N–H and O–H groups in total. The van der Waals surface area contributed by atoms with Gasteiger partial charge in [-0.05, 0) is 43.1 Å². The molecule has 1 aromatic rings. The number of benzene rings is 1. The number of hydrogen-bond acceptors (Lipinski definition) is 4. The number of hydrogen-bond donors (Lipinski definition) is 1. The second kappa shape index (κ2) is 6.99. The van der Waals surface area contributed by atoms with Crippen LogP contribution in [0.15, 0.2) is 18.2 Å². The molecule has 118 valence electrons. The first kappa shape index (κ1) is 16.6. The van der Waals surface area contributed by atoms with Crippen molar-refractivity contribution in [2.75, 3.05) is 30.0 Å². The second-order valence-corrected chi connectivity index (χ2v) is 8.28. The van der Waals surface area contributed by atoms with Crippen LogP contribution in [0.1, 0.15) is 25.3 Å². The first-order valence-electron chi connectivity index (χ1n) is 7.35. The van der Waals surface area contributed by atoms with Gasteiger partial charge >= 0.3 is 0 Å². The Morgan fingerprint density at radius 3 is 2.81 bits per heavy atom. The Bertz CT molecular complexity index is 589. The quantitative estimate of drug-likeness (QED) is 0.814. The summed E-state index contributed by atoms with van der Waals surface area (Å²) in [4.78, 5) is 2.09. The summed E-state index contributed by atoms with van der Waals surface area (Å²) < 4.78 is 23.3. The zero-order valence-electron chi connectivity index (χ0n) is 12.6. The maximum atomic E-state index is 11.7. The molecule has 0 radical (unpaired) electrons. The van der Waals surface area contributed by atoms with E-state index in [0.717, 1.165) is 30.8 Å². The lowest BCUT2D eigenvalue weighted by Crippen LogP contribution is -2.33. The van der Waals surface area contributed by atoms with Crippen LogP contribution in [0.5, 0.6) is 0 Å². The average molecular weight is 331 g/mol. The van der Waals surface area contributed by atoms with E-state index in [4.69, 9.17) is 11.6 Å². The normalized spacial score (nSPS) is 20.6. The highest BCUT2D eigenvalue weighted by atomic mass is 35.5. The van der Waals surface area contributed by atoms with Crippen LogP contribution in [0.4, 0.5) is 5.69 Å². The number of halogens is 1. The molecule has 1 aliphatic heterocycles. The third-order valence-electron chi connectivity index (χ3n) is 3.92. The molecule has 1 unspecified atom stereocenters. The van der Waals surface area contributed by atoms with Gasteiger partial charge in [0, 0.05) is 30.3 Å². The van der Waals surface area contributed by atoms with Crippen molar-refractivity contribution >= 4 is 27.1 Å². The van der Waals surface area contributed by atoms with E-state index in [1.807, 2.05) is 25.2 Å². The zero-order chi connectivity index (χ0) is 15.5. The van der Waals surface area contributed by atoms with Gasteiger partial charge in [-0.15, -0.1) is 0 Å². The van der Waals surface area contributed by atoms with Gasteiger partial charge in [-0.1, -0.05) is 18.5 Å². The summed E-state index contributed by atoms with van der Waals surface area (Å²) in [6, 6.07) is 5.86. The predicted molar refractivity (Wildman–Crippen MR) is 88.9 cm³/mol. The maximum Gasteiger partial charge on any atom is 0.152 e. The molecule has 4 nitrogen and oxygen atoms in total. The summed E-state index contributed by atoms with van der Waals surface area (Å²) in [5, 5.41) is 4.08. The van der Waals surface area contributed by atoms with Crippen molar-refractivity contribution in [2.45, 2.75) is 32.4 Å². The lowest BCUT2D eigenvalue weighted by molar-refractivity contribution is 0.600. The molecule has 0 spiro atoms. The Balaban J connectivity index is 2.17. The summed E-state index contributed by atoms with van der Waals surface area (Å²) in [7, 11) is -0.903. The molecule has 0 aliphatic carbocycles. The van der Waals surface area contributed by atoms with Crippen LogP contribution >= 0.6 is 11.6 Å². The fourth-order valence-electron chi connectivity index (χ4n) is 2.72. The number of sulfone groups is 1. The molecule has 1 aromatic carbocycles. The smallest absolute Gasteiger partial charge is 0.152 e. The summed E-state index contributed by atoms with van der Waals surface area (Å²) in [5.74, 6) is 0.535. The molecule has 1 fully saturated rings. The third kappa shape index (κ3) is 4.34. The van der Waals surface area contributed by atoms with Crippen molar-refractivity contribution in [2.24, 2.45) is 0 Å². The standard InChI is InChI=1S/C15H23ClN2O2S/c1-3-7-17-10-12-9-13(16)4-5-15(12)18(2)14-6-8-21(19,20)11-14/h4-5,9,14,17H,3,6-8,10-11H2,1-2H3. The van der Waals surface area contributed by atoms with Gasteiger partial charge < -0.3 is 10.2 Å². The van der Waals surface area contributed by atoms with E-state index in [1.165, 1.54) is 0 Å². The van der Waals surface area contributed by atoms with Gasteiger partial charge in [0.1, 0.15) is 0 Å². The van der Waals surface area contributed by atoms with E-state index < -0.39 is 9.84 Å². The van der Waals surface area contributed by atoms with E-state index in [9.17, 15) is 8.42 Å². The second-order valence-electron chi connectivity index (χ2n) is 5.62. The average Bonchev–Trinajstić information content (AvgIpc) is 2.79. The van der Waals surface area contributed by atoms with Crippen LogP contribution in [0.3, 0.4) is 0 Å². The van der Waals surface area contributed by atoms with Gasteiger partial charge in [-0.2, -0.15) is 0 Å². The monoisotopic (exact) mass is 330 g/mol. The van der Waals surface area contributed by atoms with Crippen molar-refractivity contribution in [1.29, 1.82) is 0 Å². The summed E-state index contributed by atoms with van der Waals surface area (Å²) >= 11 is 6.10. The first-order chi connectivity index (χ1) is 9.93. The first-order valence-corrected chi connectivity index (χ1v) is 9.55. The molecule has 21 heavy (non-hydrogen) atoms. The van der Waals surface area contributed by atoms with E-state index in [1.54, 1.807) is 0 Å². The molecule has 0 aromatic heterocycles. The fourth-order valence-corrected chi connectivity index (χ4v) is 4.69. The molecule has 0 bridgehead atoms. The Kier molecular flexibility index (Phi) is 5.52. The molecule has 1 heterocycles. The Morgan fingerprint density at radius 1 is 1.43 bits per heavy atom. The molecule has 6 heteroatoms. The van der Waals surface area contributed by atoms with Gasteiger partial charge in [0.25, 0.3) is 0 Å². The molecule has 0 saturated carbocycles. The van der Waals surface area contributed by atoms with E-state index in [0.29, 0.717) is 17.2 Å². The predicted octanol–water partition coefficient (Wildman–Crippen LogP) is 2.46. The van der Waals surface area contributed by atoms with Gasteiger partial charge in [0.2, 0.25) is 0 Å². The molecule has 1 atom stereocenters. The van der Waals surface area contributed by atoms with Gasteiger partial charge in [-0.25, -0.2) is 8.42 Å². The molecular formula is C15H23ClN2O2S. The molecular weight excluding hydrogens is 308 g/mol. The summed E-state index contributed by atoms with van der Waals surface area (Å²) in [6.45, 7) is 3.82. The van der Waals surface area contributed by atoms with Gasteiger partial charge in [-0.3, -0.25) is 0 Å². The van der Waals surface area contributed by atoms with Crippen molar-refractivity contribution in [1.82, 2.24) is 5.32 Å². The van der Waals surface area contributed by atoms with Crippen LogP contribution in [0.25, 0.3) is 0 Å². The van der Waals surface area contributed by atoms with Crippen LogP contribution in [0, 0.1) is 0 Å². The van der Waals surface area contributed by atoms with Crippen molar-refractivity contribution in [3.05, 3.63) is 28.8 Å². The Morgan fingerprint density at radius 2 is 2.19 bits per heavy atom. The van der Waals surface area contributed by atoms with E-state index in [-0.39, 0.29) is 11.8 Å². The number of nitrogens with one attached hydrogen (secondary N) is 1. The van der Waals surface area contributed by atoms with Crippen molar-refractivity contribution < 1.29 is 8.42 Å². The molecule has 1 saturated heterocycles. The summed E-state index contributed by atoms with van der Waals surface area (Å²) in [6.07, 6.45) is 1.77. The van der Waals surface area contributed by atoms with E-state index >= 15 is 0 Å². The highest BCUT2D eigenvalue weighted by Crippen LogP contribution is 2.28. The number of rotatable bonds is 6. The largest absolute Gasteiger partial charge is 0.370 e. The number of nitrogens with zero attached hydrogens (tertiary/aromatic N) is 1. The lowest BCUT2D eigenvalue weighted by Gasteiger charge is -2.28. The minimum Gasteiger partial charge on any atom is -0.370 e. The van der Waals surface area contributed by atoms with Crippen LogP contribution < -0.4 is 10.2 Å². The minimum absolute atomic E-state index is 0.0566. The number of anilines is 1. The Labute approximate surface area is 132 Å². The van der Waals surface area contributed by atoms with Crippen LogP contribution in [-0.2, 0) is 16.4 Å². The third-order valence-corrected chi connectivity index (χ3v) is 5.91. The Hall–Kier alpha value is -0.780. The van der Waals surface area contributed by atoms with Crippen molar-refractivity contribution in [3.63, 3.8) is 0 Å². The van der Waals surface area contributed by atoms with Crippen LogP contribution in [-0.4, -0.2) is 39.6 Å². The van der Waals surface area contributed by atoms with Crippen LogP contribution in [0.2, 0.25) is 5.02 Å². The highest BCUT2D eigenvalue weighted by Gasteiger charge is 2.31. The molecule has 0 amide bonds. The summed E-state index contributed by atoms with van der Waals surface area (Å²) in [5.41, 5.74) is 2.17. The highest BCUT2D eigenvalue weighted by molar-refractivity contribution is 7.91. The lowest BCUT2D eigenvalue weighted by atomic mass is 10.1. The molecule has 2 rings (SSSR count). The van der Waals surface area contributed by atoms with Gasteiger partial charge in [0.05, 0.1) is 11.5 Å². The van der Waals surface area contributed by atoms with Gasteiger partial charge in [0.15, 0.2) is 9.84 Å². The minimum atomic E-state index is -2.87. The maximum absolute atomic E-state index is 11.7. The molecule has 1 aliphatic rings. The van der Waals surface area contributed by atoms with E-state index in [2.05, 4.69) is 17.1 Å². The zero-order valence-corrected chi connectivity index (χ0v) is 14.2. The SMILES string of the molecule is CCCNCc1cc(Cl)ccc1N(C)C1CCS(=O)(=O)C1. The fraction of sp³-hybridized carbons (Fsp3) is 0.600.